The lowest BCUT2D eigenvalue weighted by molar-refractivity contribution is 0.594. The van der Waals surface area contributed by atoms with Crippen LogP contribution < -0.4 is 10.0 Å². The predicted octanol–water partition coefficient (Wildman–Crippen LogP) is 1.37. The van der Waals surface area contributed by atoms with Crippen LogP contribution in [0.25, 0.3) is 0 Å². The van der Waals surface area contributed by atoms with Crippen molar-refractivity contribution in [2.24, 2.45) is 5.73 Å². The Balaban J connectivity index is 3.14. The van der Waals surface area contributed by atoms with E-state index in [9.17, 15) is 8.42 Å². The average molecular weight is 263 g/mol. The highest BCUT2D eigenvalue weighted by Gasteiger charge is 2.18. The fourth-order valence-electron chi connectivity index (χ4n) is 1.36. The molecule has 0 heterocycles. The zero-order valence-corrected chi connectivity index (χ0v) is 10.8. The summed E-state index contributed by atoms with van der Waals surface area (Å²) < 4.78 is 24.8. The summed E-state index contributed by atoms with van der Waals surface area (Å²) in [6.45, 7) is 1.94. The number of benzene rings is 1. The van der Waals surface area contributed by atoms with Crippen LogP contribution in [0.15, 0.2) is 18.2 Å². The molecule has 0 amide bonds. The van der Waals surface area contributed by atoms with Crippen molar-refractivity contribution in [2.75, 3.05) is 23.7 Å². The molecule has 0 saturated heterocycles. The molecule has 6 heteroatoms. The molecule has 4 nitrogen and oxygen atoms in total. The number of hydrogen-bond acceptors (Lipinski definition) is 3. The van der Waals surface area contributed by atoms with Crippen molar-refractivity contribution < 1.29 is 8.42 Å². The molecule has 90 valence electrons. The number of sulfonamides is 1. The molecule has 0 aliphatic heterocycles. The minimum atomic E-state index is -3.35. The lowest BCUT2D eigenvalue weighted by Crippen LogP contribution is -2.32. The fraction of sp³-hybridized carbons (Fsp3) is 0.400. The van der Waals surface area contributed by atoms with Gasteiger partial charge in [0.1, 0.15) is 0 Å². The molecule has 1 rings (SSSR count). The fourth-order valence-corrected chi connectivity index (χ4v) is 2.59. The van der Waals surface area contributed by atoms with Crippen molar-refractivity contribution in [1.29, 1.82) is 0 Å². The van der Waals surface area contributed by atoms with E-state index in [4.69, 9.17) is 17.3 Å². The van der Waals surface area contributed by atoms with Crippen LogP contribution >= 0.6 is 11.6 Å². The van der Waals surface area contributed by atoms with E-state index in [1.54, 1.807) is 18.2 Å². The van der Waals surface area contributed by atoms with Crippen molar-refractivity contribution in [3.8, 4) is 0 Å². The Morgan fingerprint density at radius 1 is 1.44 bits per heavy atom. The Bertz CT molecular complexity index is 474. The minimum Gasteiger partial charge on any atom is -0.329 e. The molecular weight excluding hydrogens is 248 g/mol. The van der Waals surface area contributed by atoms with Crippen molar-refractivity contribution >= 4 is 27.3 Å². The molecule has 0 aromatic heterocycles. The number of nitrogens with zero attached hydrogens (tertiary/aromatic N) is 1. The molecule has 1 aromatic rings. The second-order valence-corrected chi connectivity index (χ2v) is 6.06. The first-order chi connectivity index (χ1) is 7.38. The molecule has 0 bridgehead atoms. The highest BCUT2D eigenvalue weighted by Crippen LogP contribution is 2.25. The summed E-state index contributed by atoms with van der Waals surface area (Å²) in [5.41, 5.74) is 6.70. The van der Waals surface area contributed by atoms with Gasteiger partial charge in [-0.1, -0.05) is 17.7 Å². The molecule has 2 N–H and O–H groups in total. The van der Waals surface area contributed by atoms with Crippen LogP contribution in [0.1, 0.15) is 5.56 Å². The summed E-state index contributed by atoms with van der Waals surface area (Å²) in [5.74, 6) is -0.0740. The first-order valence-corrected chi connectivity index (χ1v) is 6.80. The molecule has 0 saturated carbocycles. The van der Waals surface area contributed by atoms with Gasteiger partial charge in [-0.2, -0.15) is 0 Å². The summed E-state index contributed by atoms with van der Waals surface area (Å²) in [4.78, 5) is 0. The number of anilines is 1. The third kappa shape index (κ3) is 2.87. The van der Waals surface area contributed by atoms with Crippen LogP contribution in [0.3, 0.4) is 0 Å². The predicted molar refractivity (Wildman–Crippen MR) is 67.4 cm³/mol. The number of rotatable bonds is 4. The van der Waals surface area contributed by atoms with Crippen molar-refractivity contribution in [3.63, 3.8) is 0 Å². The molecule has 0 aliphatic carbocycles. The van der Waals surface area contributed by atoms with E-state index in [1.807, 2.05) is 6.92 Å². The summed E-state index contributed by atoms with van der Waals surface area (Å²) in [5, 5.41) is 0.510. The Hall–Kier alpha value is -0.780. The smallest absolute Gasteiger partial charge is 0.236 e. The van der Waals surface area contributed by atoms with Gasteiger partial charge in [0.05, 0.1) is 11.4 Å². The van der Waals surface area contributed by atoms with Crippen LogP contribution in [-0.2, 0) is 10.0 Å². The number of aryl methyl sites for hydroxylation is 1. The van der Waals surface area contributed by atoms with E-state index < -0.39 is 10.0 Å². The van der Waals surface area contributed by atoms with Crippen LogP contribution in [0.2, 0.25) is 5.02 Å². The Morgan fingerprint density at radius 3 is 2.62 bits per heavy atom. The molecular formula is C10H15ClN2O2S. The third-order valence-corrected chi connectivity index (χ3v) is 4.32. The molecule has 0 unspecified atom stereocenters. The van der Waals surface area contributed by atoms with Gasteiger partial charge in [-0.3, -0.25) is 4.31 Å². The van der Waals surface area contributed by atoms with Gasteiger partial charge in [-0.25, -0.2) is 8.42 Å². The summed E-state index contributed by atoms with van der Waals surface area (Å²) in [7, 11) is -1.85. The van der Waals surface area contributed by atoms with Gasteiger partial charge in [0.25, 0.3) is 0 Å². The maximum atomic E-state index is 11.8. The van der Waals surface area contributed by atoms with E-state index >= 15 is 0 Å². The monoisotopic (exact) mass is 262 g/mol. The zero-order valence-electron chi connectivity index (χ0n) is 9.27. The molecule has 0 aliphatic rings. The van der Waals surface area contributed by atoms with E-state index in [0.717, 1.165) is 5.56 Å². The maximum Gasteiger partial charge on any atom is 0.236 e. The standard InChI is InChI=1S/C10H15ClN2O2S/c1-8-3-4-9(11)7-10(8)13(2)16(14,15)6-5-12/h3-4,7H,5-6,12H2,1-2H3. The van der Waals surface area contributed by atoms with Gasteiger partial charge in [0.2, 0.25) is 10.0 Å². The normalized spacial score (nSPS) is 11.5. The molecule has 0 atom stereocenters. The molecule has 1 aromatic carbocycles. The number of halogens is 1. The third-order valence-electron chi connectivity index (χ3n) is 2.30. The maximum absolute atomic E-state index is 11.8. The van der Waals surface area contributed by atoms with Crippen LogP contribution in [0, 0.1) is 6.92 Å². The summed E-state index contributed by atoms with van der Waals surface area (Å²) in [6.07, 6.45) is 0. The first-order valence-electron chi connectivity index (χ1n) is 4.81. The Morgan fingerprint density at radius 2 is 2.06 bits per heavy atom. The van der Waals surface area contributed by atoms with Gasteiger partial charge in [0.15, 0.2) is 0 Å². The molecule has 0 spiro atoms. The van der Waals surface area contributed by atoms with E-state index in [-0.39, 0.29) is 12.3 Å². The first kappa shape index (κ1) is 13.3. The Kier molecular flexibility index (Phi) is 4.18. The number of nitrogens with two attached hydrogens (primary N) is 1. The summed E-state index contributed by atoms with van der Waals surface area (Å²) >= 11 is 5.84. The van der Waals surface area contributed by atoms with Crippen molar-refractivity contribution in [1.82, 2.24) is 0 Å². The highest BCUT2D eigenvalue weighted by molar-refractivity contribution is 7.92. The minimum absolute atomic E-state index is 0.0740. The molecule has 0 fully saturated rings. The van der Waals surface area contributed by atoms with Crippen LogP contribution in [0.5, 0.6) is 0 Å². The van der Waals surface area contributed by atoms with Crippen molar-refractivity contribution in [2.45, 2.75) is 6.92 Å². The van der Waals surface area contributed by atoms with Gasteiger partial charge in [0, 0.05) is 18.6 Å². The average Bonchev–Trinajstić information content (AvgIpc) is 2.20. The van der Waals surface area contributed by atoms with E-state index in [2.05, 4.69) is 0 Å². The quantitative estimate of drug-likeness (QED) is 0.892. The van der Waals surface area contributed by atoms with E-state index in [0.29, 0.717) is 10.7 Å². The van der Waals surface area contributed by atoms with Crippen LogP contribution in [-0.4, -0.2) is 27.8 Å². The highest BCUT2D eigenvalue weighted by atomic mass is 35.5. The lowest BCUT2D eigenvalue weighted by Gasteiger charge is -2.21. The topological polar surface area (TPSA) is 63.4 Å². The Labute approximate surface area is 101 Å². The summed E-state index contributed by atoms with van der Waals surface area (Å²) in [6, 6.07) is 5.14. The number of hydrogen-bond donors (Lipinski definition) is 1. The largest absolute Gasteiger partial charge is 0.329 e. The second-order valence-electron chi connectivity index (χ2n) is 3.50. The van der Waals surface area contributed by atoms with Gasteiger partial charge in [-0.05, 0) is 24.6 Å². The van der Waals surface area contributed by atoms with Gasteiger partial charge >= 0.3 is 0 Å². The van der Waals surface area contributed by atoms with Crippen LogP contribution in [0.4, 0.5) is 5.69 Å². The van der Waals surface area contributed by atoms with E-state index in [1.165, 1.54) is 11.4 Å². The SMILES string of the molecule is Cc1ccc(Cl)cc1N(C)S(=O)(=O)CCN. The molecule has 0 radical (unpaired) electrons. The van der Waals surface area contributed by atoms with Gasteiger partial charge in [-0.15, -0.1) is 0 Å². The second kappa shape index (κ2) is 5.03. The molecule has 16 heavy (non-hydrogen) atoms. The van der Waals surface area contributed by atoms with Crippen molar-refractivity contribution in [3.05, 3.63) is 28.8 Å². The zero-order chi connectivity index (χ0) is 12.3. The lowest BCUT2D eigenvalue weighted by atomic mass is 10.2. The van der Waals surface area contributed by atoms with Gasteiger partial charge < -0.3 is 5.73 Å².